The molecule has 0 bridgehead atoms. The molecular formula is C21H13Br4NO2. The zero-order chi connectivity index (χ0) is 20.3. The molecule has 0 amide bonds. The summed E-state index contributed by atoms with van der Waals surface area (Å²) in [4.78, 5) is 4.61. The average molecular weight is 631 g/mol. The van der Waals surface area contributed by atoms with Crippen LogP contribution < -0.4 is 0 Å². The van der Waals surface area contributed by atoms with Crippen LogP contribution in [0.2, 0.25) is 0 Å². The molecular weight excluding hydrogens is 618 g/mol. The topological polar surface area (TPSA) is 53.4 Å². The average Bonchev–Trinajstić information content (AvgIpc) is 2.67. The van der Waals surface area contributed by atoms with Crippen LogP contribution in [0.3, 0.4) is 0 Å². The fraction of sp³-hybridized carbons (Fsp3) is 0. The maximum absolute atomic E-state index is 9.80. The Morgan fingerprint density at radius 3 is 1.32 bits per heavy atom. The van der Waals surface area contributed by atoms with Gasteiger partial charge in [0.15, 0.2) is 0 Å². The van der Waals surface area contributed by atoms with Gasteiger partial charge in [-0.3, -0.25) is 0 Å². The molecule has 3 nitrogen and oxygen atoms in total. The lowest BCUT2D eigenvalue weighted by Crippen LogP contribution is -1.85. The van der Waals surface area contributed by atoms with E-state index in [4.69, 9.17) is 0 Å². The molecule has 0 aliphatic rings. The van der Waals surface area contributed by atoms with Gasteiger partial charge in [0.2, 0.25) is 0 Å². The van der Waals surface area contributed by atoms with Gasteiger partial charge in [-0.2, -0.15) is 0 Å². The third-order valence-electron chi connectivity index (χ3n) is 3.76. The number of aromatic hydroxyl groups is 2. The van der Waals surface area contributed by atoms with Gasteiger partial charge in [0.05, 0.1) is 29.3 Å². The highest BCUT2D eigenvalue weighted by Gasteiger charge is 2.05. The first-order valence-electron chi connectivity index (χ1n) is 8.03. The number of benzene rings is 2. The molecule has 0 saturated heterocycles. The first-order valence-corrected chi connectivity index (χ1v) is 11.2. The van der Waals surface area contributed by atoms with Crippen LogP contribution in [0, 0.1) is 0 Å². The van der Waals surface area contributed by atoms with Crippen LogP contribution in [0.25, 0.3) is 24.3 Å². The van der Waals surface area contributed by atoms with Crippen LogP contribution in [-0.2, 0) is 0 Å². The lowest BCUT2D eigenvalue weighted by atomic mass is 10.1. The molecule has 28 heavy (non-hydrogen) atoms. The molecule has 0 fully saturated rings. The molecule has 0 atom stereocenters. The maximum atomic E-state index is 9.80. The van der Waals surface area contributed by atoms with E-state index in [1.54, 1.807) is 0 Å². The summed E-state index contributed by atoms with van der Waals surface area (Å²) in [7, 11) is 0. The van der Waals surface area contributed by atoms with Gasteiger partial charge in [0.1, 0.15) is 11.5 Å². The molecule has 1 heterocycles. The van der Waals surface area contributed by atoms with Crippen molar-refractivity contribution in [3.8, 4) is 11.5 Å². The van der Waals surface area contributed by atoms with E-state index in [1.165, 1.54) is 0 Å². The summed E-state index contributed by atoms with van der Waals surface area (Å²) in [5, 5.41) is 19.6. The molecule has 7 heteroatoms. The fourth-order valence-electron chi connectivity index (χ4n) is 2.38. The van der Waals surface area contributed by atoms with E-state index in [-0.39, 0.29) is 11.5 Å². The molecule has 0 unspecified atom stereocenters. The van der Waals surface area contributed by atoms with E-state index in [0.717, 1.165) is 22.5 Å². The van der Waals surface area contributed by atoms with Crippen molar-refractivity contribution in [1.82, 2.24) is 4.98 Å². The predicted octanol–water partition coefficient (Wildman–Crippen LogP) is 7.88. The molecule has 0 spiro atoms. The van der Waals surface area contributed by atoms with Crippen molar-refractivity contribution in [2.24, 2.45) is 0 Å². The van der Waals surface area contributed by atoms with Crippen molar-refractivity contribution < 1.29 is 10.2 Å². The first-order chi connectivity index (χ1) is 13.3. The molecule has 0 aliphatic carbocycles. The minimum absolute atomic E-state index is 0.176. The third kappa shape index (κ3) is 5.35. The highest BCUT2D eigenvalue weighted by molar-refractivity contribution is 9.11. The molecule has 1 aromatic heterocycles. The molecule has 142 valence electrons. The van der Waals surface area contributed by atoms with Gasteiger partial charge in [-0.15, -0.1) is 0 Å². The molecule has 3 rings (SSSR count). The number of pyridine rings is 1. The summed E-state index contributed by atoms with van der Waals surface area (Å²) >= 11 is 13.3. The standard InChI is InChI=1S/C21H13Br4NO2/c22-16-8-12(9-17(23)20(16)27)4-6-14-2-1-3-15(26-14)7-5-13-10-18(24)21(28)19(25)11-13/h1-11,27-28H/b6-4+,7-5?. The maximum Gasteiger partial charge on any atom is 0.143 e. The van der Waals surface area contributed by atoms with Gasteiger partial charge >= 0.3 is 0 Å². The van der Waals surface area contributed by atoms with Gasteiger partial charge in [-0.1, -0.05) is 18.2 Å². The molecule has 2 N–H and O–H groups in total. The number of halogens is 4. The van der Waals surface area contributed by atoms with Crippen molar-refractivity contribution in [3.63, 3.8) is 0 Å². The monoisotopic (exact) mass is 627 g/mol. The highest BCUT2D eigenvalue weighted by Crippen LogP contribution is 2.34. The summed E-state index contributed by atoms with van der Waals surface area (Å²) in [6.45, 7) is 0. The summed E-state index contributed by atoms with van der Waals surface area (Å²) in [5.74, 6) is 0.352. The number of phenols is 2. The highest BCUT2D eigenvalue weighted by atomic mass is 79.9. The molecule has 0 aliphatic heterocycles. The van der Waals surface area contributed by atoms with E-state index >= 15 is 0 Å². The zero-order valence-electron chi connectivity index (χ0n) is 14.2. The summed E-state index contributed by atoms with van der Waals surface area (Å²) in [5.41, 5.74) is 3.49. The van der Waals surface area contributed by atoms with Crippen LogP contribution in [0.4, 0.5) is 0 Å². The fourth-order valence-corrected chi connectivity index (χ4v) is 4.82. The smallest absolute Gasteiger partial charge is 0.143 e. The number of nitrogens with zero attached hydrogens (tertiary/aromatic N) is 1. The molecule has 3 aromatic rings. The predicted molar refractivity (Wildman–Crippen MR) is 129 cm³/mol. The zero-order valence-corrected chi connectivity index (χ0v) is 20.5. The number of hydrogen-bond donors (Lipinski definition) is 2. The van der Waals surface area contributed by atoms with Crippen LogP contribution in [-0.4, -0.2) is 15.2 Å². The first kappa shape index (κ1) is 21.3. The van der Waals surface area contributed by atoms with Crippen molar-refractivity contribution in [2.75, 3.05) is 0 Å². The third-order valence-corrected chi connectivity index (χ3v) is 6.18. The number of aromatic nitrogens is 1. The van der Waals surface area contributed by atoms with E-state index in [2.05, 4.69) is 68.7 Å². The van der Waals surface area contributed by atoms with Crippen LogP contribution >= 0.6 is 63.7 Å². The van der Waals surface area contributed by atoms with Crippen molar-refractivity contribution in [3.05, 3.63) is 82.9 Å². The molecule has 0 saturated carbocycles. The summed E-state index contributed by atoms with van der Waals surface area (Å²) in [6.07, 6.45) is 7.69. The van der Waals surface area contributed by atoms with Gasteiger partial charge in [-0.05, 0) is 123 Å². The Balaban J connectivity index is 1.81. The van der Waals surface area contributed by atoms with E-state index < -0.39 is 0 Å². The Bertz CT molecular complexity index is 965. The second-order valence-electron chi connectivity index (χ2n) is 5.82. The largest absolute Gasteiger partial charge is 0.506 e. The minimum atomic E-state index is 0.176. The van der Waals surface area contributed by atoms with Gasteiger partial charge in [-0.25, -0.2) is 4.98 Å². The summed E-state index contributed by atoms with van der Waals surface area (Å²) < 4.78 is 2.49. The SMILES string of the molecule is Oc1c(Br)cc(C=Cc2cccc(/C=C/c3cc(Br)c(O)c(Br)c3)n2)cc1Br. The van der Waals surface area contributed by atoms with E-state index in [1.807, 2.05) is 66.8 Å². The number of rotatable bonds is 4. The molecule has 0 radical (unpaired) electrons. The normalized spacial score (nSPS) is 11.6. The number of phenolic OH excluding ortho intramolecular Hbond substituents is 2. The Labute approximate surface area is 196 Å². The Morgan fingerprint density at radius 2 is 0.964 bits per heavy atom. The molecule has 2 aromatic carbocycles. The number of hydrogen-bond acceptors (Lipinski definition) is 3. The van der Waals surface area contributed by atoms with Crippen molar-refractivity contribution in [1.29, 1.82) is 0 Å². The van der Waals surface area contributed by atoms with Crippen molar-refractivity contribution >= 4 is 88.0 Å². The van der Waals surface area contributed by atoms with Gasteiger partial charge in [0.25, 0.3) is 0 Å². The Morgan fingerprint density at radius 1 is 0.607 bits per heavy atom. The second-order valence-corrected chi connectivity index (χ2v) is 9.24. The lowest BCUT2D eigenvalue weighted by Gasteiger charge is -2.03. The van der Waals surface area contributed by atoms with Crippen LogP contribution in [0.15, 0.2) is 60.4 Å². The van der Waals surface area contributed by atoms with Crippen molar-refractivity contribution in [2.45, 2.75) is 0 Å². The Hall–Kier alpha value is -1.41. The van der Waals surface area contributed by atoms with E-state index in [9.17, 15) is 10.2 Å². The lowest BCUT2D eigenvalue weighted by molar-refractivity contribution is 0.468. The second kappa shape index (κ2) is 9.39. The summed E-state index contributed by atoms with van der Waals surface area (Å²) in [6, 6.07) is 13.1. The van der Waals surface area contributed by atoms with Gasteiger partial charge < -0.3 is 10.2 Å². The minimum Gasteiger partial charge on any atom is -0.506 e. The van der Waals surface area contributed by atoms with E-state index in [0.29, 0.717) is 17.9 Å². The Kier molecular flexibility index (Phi) is 7.15. The van der Waals surface area contributed by atoms with Crippen LogP contribution in [0.1, 0.15) is 22.5 Å². The van der Waals surface area contributed by atoms with Crippen LogP contribution in [0.5, 0.6) is 11.5 Å². The quantitative estimate of drug-likeness (QED) is 0.308. The van der Waals surface area contributed by atoms with Gasteiger partial charge in [0, 0.05) is 0 Å².